The van der Waals surface area contributed by atoms with Gasteiger partial charge in [0.05, 0.1) is 22.2 Å². The third-order valence-electron chi connectivity index (χ3n) is 5.81. The van der Waals surface area contributed by atoms with Gasteiger partial charge < -0.3 is 10.2 Å². The highest BCUT2D eigenvalue weighted by Crippen LogP contribution is 2.49. The zero-order valence-corrected chi connectivity index (χ0v) is 22.9. The van der Waals surface area contributed by atoms with Crippen molar-refractivity contribution >= 4 is 29.4 Å². The molecule has 0 saturated heterocycles. The average Bonchev–Trinajstić information content (AvgIpc) is 3.08. The molecule has 1 aliphatic heterocycles. The first-order chi connectivity index (χ1) is 16.2. The standard InChI is InChI=1S/C26H38FN5O2S/c1-25(2,3)23-21-22(17-11-9-10-12-18(17)27)35-16-20(34)31(15-19(33)28-13-14-30(7)8)24(21)32(29-23)26(4,5)6/h9-12,22H,13-16H2,1-8H3,(H,28,33). The summed E-state index contributed by atoms with van der Waals surface area (Å²) in [6.45, 7) is 13.3. The quantitative estimate of drug-likeness (QED) is 0.647. The van der Waals surface area contributed by atoms with Crippen LogP contribution in [0, 0.1) is 5.82 Å². The Balaban J connectivity index is 2.21. The second kappa shape index (κ2) is 10.3. The fourth-order valence-electron chi connectivity index (χ4n) is 4.09. The number of thioether (sulfide) groups is 1. The Morgan fingerprint density at radius 3 is 2.43 bits per heavy atom. The summed E-state index contributed by atoms with van der Waals surface area (Å²) in [5.74, 6) is -0.0370. The van der Waals surface area contributed by atoms with E-state index < -0.39 is 10.8 Å². The molecule has 0 fully saturated rings. The molecule has 0 radical (unpaired) electrons. The Kier molecular flexibility index (Phi) is 8.01. The van der Waals surface area contributed by atoms with Crippen molar-refractivity contribution in [1.82, 2.24) is 20.0 Å². The summed E-state index contributed by atoms with van der Waals surface area (Å²) in [6.07, 6.45) is 0. The van der Waals surface area contributed by atoms with Gasteiger partial charge in [-0.2, -0.15) is 5.10 Å². The van der Waals surface area contributed by atoms with Gasteiger partial charge in [0.15, 0.2) is 0 Å². The van der Waals surface area contributed by atoms with Crippen molar-refractivity contribution in [2.75, 3.05) is 44.4 Å². The number of nitrogens with one attached hydrogen (secondary N) is 1. The van der Waals surface area contributed by atoms with Crippen LogP contribution in [0.25, 0.3) is 0 Å². The van der Waals surface area contributed by atoms with Crippen molar-refractivity contribution in [3.8, 4) is 0 Å². The number of likely N-dealkylation sites (N-methyl/N-ethyl adjacent to an activating group) is 1. The minimum Gasteiger partial charge on any atom is -0.353 e. The lowest BCUT2D eigenvalue weighted by molar-refractivity contribution is -0.123. The molecule has 3 rings (SSSR count). The molecule has 0 aliphatic carbocycles. The number of nitrogens with zero attached hydrogens (tertiary/aromatic N) is 4. The van der Waals surface area contributed by atoms with Crippen LogP contribution in [0.1, 0.15) is 63.6 Å². The van der Waals surface area contributed by atoms with E-state index in [1.165, 1.54) is 17.8 Å². The Bertz CT molecular complexity index is 1080. The number of rotatable bonds is 6. The smallest absolute Gasteiger partial charge is 0.240 e. The number of halogens is 1. The number of benzene rings is 1. The molecular formula is C26H38FN5O2S. The van der Waals surface area contributed by atoms with Gasteiger partial charge in [-0.3, -0.25) is 14.5 Å². The van der Waals surface area contributed by atoms with Gasteiger partial charge in [0, 0.05) is 29.6 Å². The summed E-state index contributed by atoms with van der Waals surface area (Å²) in [5.41, 5.74) is 1.29. The van der Waals surface area contributed by atoms with Crippen LogP contribution in [0.15, 0.2) is 24.3 Å². The van der Waals surface area contributed by atoms with E-state index in [9.17, 15) is 9.59 Å². The number of amides is 2. The lowest BCUT2D eigenvalue weighted by atomic mass is 9.87. The first-order valence-corrected chi connectivity index (χ1v) is 13.0. The van der Waals surface area contributed by atoms with Gasteiger partial charge in [0.1, 0.15) is 18.2 Å². The molecule has 2 heterocycles. The summed E-state index contributed by atoms with van der Waals surface area (Å²) < 4.78 is 16.9. The van der Waals surface area contributed by atoms with Crippen LogP contribution in [-0.4, -0.2) is 66.0 Å². The fourth-order valence-corrected chi connectivity index (χ4v) is 5.31. The highest BCUT2D eigenvalue weighted by atomic mass is 32.2. The van der Waals surface area contributed by atoms with Crippen LogP contribution >= 0.6 is 11.8 Å². The van der Waals surface area contributed by atoms with Crippen molar-refractivity contribution < 1.29 is 14.0 Å². The van der Waals surface area contributed by atoms with E-state index in [4.69, 9.17) is 5.10 Å². The Morgan fingerprint density at radius 2 is 1.86 bits per heavy atom. The largest absolute Gasteiger partial charge is 0.353 e. The van der Waals surface area contributed by atoms with Gasteiger partial charge in [-0.25, -0.2) is 9.07 Å². The molecule has 0 saturated carbocycles. The second-order valence-electron chi connectivity index (χ2n) is 11.3. The molecular weight excluding hydrogens is 465 g/mol. The van der Waals surface area contributed by atoms with E-state index >= 15 is 4.39 Å². The molecule has 35 heavy (non-hydrogen) atoms. The average molecular weight is 504 g/mol. The van der Waals surface area contributed by atoms with Crippen molar-refractivity contribution in [3.05, 3.63) is 46.9 Å². The SMILES string of the molecule is CN(C)CCNC(=O)CN1C(=O)CSC(c2ccccc2F)c2c(C(C)(C)C)nn(C(C)(C)C)c21. The van der Waals surface area contributed by atoms with Gasteiger partial charge in [-0.05, 0) is 40.9 Å². The number of hydrogen-bond acceptors (Lipinski definition) is 5. The molecule has 1 aromatic carbocycles. The molecule has 1 aliphatic rings. The van der Waals surface area contributed by atoms with Crippen LogP contribution in [0.4, 0.5) is 10.2 Å². The lowest BCUT2D eigenvalue weighted by Gasteiger charge is -2.29. The maximum absolute atomic E-state index is 15.1. The minimum absolute atomic E-state index is 0.116. The van der Waals surface area contributed by atoms with Crippen LogP contribution in [-0.2, 0) is 20.5 Å². The molecule has 2 aromatic rings. The number of carbonyl (C=O) groups is 2. The molecule has 192 valence electrons. The normalized spacial score (nSPS) is 16.9. The van der Waals surface area contributed by atoms with Crippen molar-refractivity contribution in [3.63, 3.8) is 0 Å². The maximum Gasteiger partial charge on any atom is 0.240 e. The van der Waals surface area contributed by atoms with E-state index in [1.807, 2.05) is 50.5 Å². The van der Waals surface area contributed by atoms with Gasteiger partial charge in [0.2, 0.25) is 11.8 Å². The highest BCUT2D eigenvalue weighted by Gasteiger charge is 2.41. The molecule has 9 heteroatoms. The Labute approximate surface area is 212 Å². The first kappa shape index (κ1) is 27.2. The Morgan fingerprint density at radius 1 is 1.20 bits per heavy atom. The number of anilines is 1. The lowest BCUT2D eigenvalue weighted by Crippen LogP contribution is -2.44. The fraction of sp³-hybridized carbons (Fsp3) is 0.577. The predicted molar refractivity (Wildman–Crippen MR) is 141 cm³/mol. The second-order valence-corrected chi connectivity index (χ2v) is 12.4. The highest BCUT2D eigenvalue weighted by molar-refractivity contribution is 8.00. The van der Waals surface area contributed by atoms with Crippen LogP contribution in [0.2, 0.25) is 0 Å². The maximum atomic E-state index is 15.1. The zero-order chi connectivity index (χ0) is 26.1. The van der Waals surface area contributed by atoms with Gasteiger partial charge in [-0.15, -0.1) is 11.8 Å². The van der Waals surface area contributed by atoms with Gasteiger partial charge >= 0.3 is 0 Å². The van der Waals surface area contributed by atoms with Gasteiger partial charge in [-0.1, -0.05) is 39.0 Å². The topological polar surface area (TPSA) is 70.5 Å². The van der Waals surface area contributed by atoms with Crippen LogP contribution in [0.3, 0.4) is 0 Å². The number of aromatic nitrogens is 2. The monoisotopic (exact) mass is 503 g/mol. The molecule has 0 bridgehead atoms. The molecule has 1 atom stereocenters. The minimum atomic E-state index is -0.470. The molecule has 2 amide bonds. The predicted octanol–water partition coefficient (Wildman–Crippen LogP) is 3.92. The van der Waals surface area contributed by atoms with Crippen LogP contribution < -0.4 is 10.2 Å². The summed E-state index contributed by atoms with van der Waals surface area (Å²) in [7, 11) is 3.87. The van der Waals surface area contributed by atoms with Crippen molar-refractivity contribution in [2.45, 2.75) is 57.7 Å². The van der Waals surface area contributed by atoms with Crippen LogP contribution in [0.5, 0.6) is 0 Å². The van der Waals surface area contributed by atoms with E-state index in [0.717, 1.165) is 11.3 Å². The number of fused-ring (bicyclic) bond motifs is 1. The number of carbonyl (C=O) groups excluding carboxylic acids is 2. The molecule has 1 unspecified atom stereocenters. The van der Waals surface area contributed by atoms with Crippen molar-refractivity contribution in [1.29, 1.82) is 0 Å². The van der Waals surface area contributed by atoms with E-state index in [2.05, 4.69) is 26.1 Å². The molecule has 1 aromatic heterocycles. The van der Waals surface area contributed by atoms with E-state index in [-0.39, 0.29) is 35.3 Å². The summed E-state index contributed by atoms with van der Waals surface area (Å²) >= 11 is 1.39. The Hall–Kier alpha value is -2.39. The third-order valence-corrected chi connectivity index (χ3v) is 7.04. The summed E-state index contributed by atoms with van der Waals surface area (Å²) in [5, 5.41) is 7.49. The third kappa shape index (κ3) is 6.06. The van der Waals surface area contributed by atoms with Gasteiger partial charge in [0.25, 0.3) is 0 Å². The van der Waals surface area contributed by atoms with E-state index in [0.29, 0.717) is 24.5 Å². The summed E-state index contributed by atoms with van der Waals surface area (Å²) in [6, 6.07) is 6.70. The van der Waals surface area contributed by atoms with Crippen molar-refractivity contribution in [2.24, 2.45) is 0 Å². The molecule has 1 N–H and O–H groups in total. The van der Waals surface area contributed by atoms with E-state index in [1.54, 1.807) is 17.0 Å². The first-order valence-electron chi connectivity index (χ1n) is 11.9. The zero-order valence-electron chi connectivity index (χ0n) is 22.1. The summed E-state index contributed by atoms with van der Waals surface area (Å²) in [4.78, 5) is 29.9. The number of hydrogen-bond donors (Lipinski definition) is 1. The molecule has 0 spiro atoms. The molecule has 7 nitrogen and oxygen atoms in total.